The molecule has 2 atom stereocenters. The van der Waals surface area contributed by atoms with E-state index in [9.17, 15) is 20.1 Å². The van der Waals surface area contributed by atoms with Gasteiger partial charge in [-0.15, -0.1) is 0 Å². The molecule has 1 amide bonds. The number of ether oxygens (including phenoxy) is 1. The zero-order valence-electron chi connectivity index (χ0n) is 14.2. The fourth-order valence-electron chi connectivity index (χ4n) is 2.25. The number of rotatable bonds is 4. The summed E-state index contributed by atoms with van der Waals surface area (Å²) in [4.78, 5) is 15.7. The van der Waals surface area contributed by atoms with E-state index in [1.54, 1.807) is 32.9 Å². The van der Waals surface area contributed by atoms with Crippen molar-refractivity contribution in [3.8, 4) is 5.75 Å². The number of phenolic OH excluding ortho intramolecular Hbond substituents is 1. The van der Waals surface area contributed by atoms with Crippen molar-refractivity contribution in [2.24, 2.45) is 0 Å². The normalized spacial score (nSPS) is 14.2. The van der Waals surface area contributed by atoms with Crippen LogP contribution in [-0.2, 0) is 4.74 Å². The highest BCUT2D eigenvalue weighted by atomic mass is 35.5. The van der Waals surface area contributed by atoms with Gasteiger partial charge in [0.2, 0.25) is 0 Å². The number of alkyl carbamates (subject to hydrolysis) is 1. The first kappa shape index (κ1) is 19.2. The lowest BCUT2D eigenvalue weighted by Gasteiger charge is -2.23. The number of nitrogens with zero attached hydrogens (tertiary/aromatic N) is 1. The smallest absolute Gasteiger partial charge is 0.407 e. The summed E-state index contributed by atoms with van der Waals surface area (Å²) >= 11 is 6.15. The predicted octanol–water partition coefficient (Wildman–Crippen LogP) is 2.51. The zero-order valence-corrected chi connectivity index (χ0v) is 14.9. The number of benzene rings is 1. The molecule has 0 spiro atoms. The van der Waals surface area contributed by atoms with Crippen molar-refractivity contribution in [2.75, 3.05) is 6.54 Å². The number of carbonyl (C=O) groups is 1. The Morgan fingerprint density at radius 3 is 2.72 bits per heavy atom. The molecule has 8 heteroatoms. The zero-order chi connectivity index (χ0) is 18.8. The number of hydrogen-bond donors (Lipinski definition) is 4. The standard InChI is InChI=1S/C17H21ClN2O5/c1-17(2,3)25-16(24)20-8-12(21)14(22)10-7-11(18)9-5-4-6-19-13(9)15(10)23/h4-7,12,14,21-23H,8H2,1-3H3,(H,20,24). The molecule has 4 N–H and O–H groups in total. The molecule has 0 saturated carbocycles. The summed E-state index contributed by atoms with van der Waals surface area (Å²) < 4.78 is 5.05. The lowest BCUT2D eigenvalue weighted by Crippen LogP contribution is -2.38. The summed E-state index contributed by atoms with van der Waals surface area (Å²) in [7, 11) is 0. The van der Waals surface area contributed by atoms with E-state index in [0.29, 0.717) is 5.39 Å². The Labute approximate surface area is 150 Å². The fraction of sp³-hybridized carbons (Fsp3) is 0.412. The topological polar surface area (TPSA) is 112 Å². The maximum absolute atomic E-state index is 11.6. The third kappa shape index (κ3) is 4.72. The molecule has 2 unspecified atom stereocenters. The van der Waals surface area contributed by atoms with Gasteiger partial charge in [-0.1, -0.05) is 11.6 Å². The second-order valence-corrected chi connectivity index (χ2v) is 7.00. The van der Waals surface area contributed by atoms with Crippen LogP contribution < -0.4 is 5.32 Å². The van der Waals surface area contributed by atoms with Crippen LogP contribution in [0.25, 0.3) is 10.9 Å². The van der Waals surface area contributed by atoms with Gasteiger partial charge in [0.25, 0.3) is 0 Å². The molecule has 0 aliphatic rings. The van der Waals surface area contributed by atoms with E-state index in [1.807, 2.05) is 0 Å². The van der Waals surface area contributed by atoms with E-state index in [2.05, 4.69) is 10.3 Å². The number of hydrogen-bond acceptors (Lipinski definition) is 6. The molecule has 136 valence electrons. The number of amides is 1. The minimum absolute atomic E-state index is 0.0229. The molecule has 0 fully saturated rings. The van der Waals surface area contributed by atoms with Crippen LogP contribution in [0.2, 0.25) is 5.02 Å². The van der Waals surface area contributed by atoms with Gasteiger partial charge in [0, 0.05) is 23.7 Å². The summed E-state index contributed by atoms with van der Waals surface area (Å²) in [5.41, 5.74) is -0.435. The Balaban J connectivity index is 2.14. The van der Waals surface area contributed by atoms with Crippen molar-refractivity contribution in [3.05, 3.63) is 35.0 Å². The first-order chi connectivity index (χ1) is 11.6. The lowest BCUT2D eigenvalue weighted by atomic mass is 10.0. The number of aromatic nitrogens is 1. The summed E-state index contributed by atoms with van der Waals surface area (Å²) in [6.45, 7) is 4.85. The Morgan fingerprint density at radius 2 is 2.08 bits per heavy atom. The van der Waals surface area contributed by atoms with Crippen LogP contribution in [0.15, 0.2) is 24.4 Å². The minimum atomic E-state index is -1.47. The number of halogens is 1. The molecule has 1 aromatic heterocycles. The highest BCUT2D eigenvalue weighted by Crippen LogP contribution is 2.36. The number of pyridine rings is 1. The molecule has 0 saturated heterocycles. The number of fused-ring (bicyclic) bond motifs is 1. The van der Waals surface area contributed by atoms with E-state index < -0.39 is 23.9 Å². The van der Waals surface area contributed by atoms with Crippen molar-refractivity contribution in [2.45, 2.75) is 38.6 Å². The first-order valence-corrected chi connectivity index (χ1v) is 8.07. The van der Waals surface area contributed by atoms with Crippen LogP contribution in [0.1, 0.15) is 32.4 Å². The van der Waals surface area contributed by atoms with Gasteiger partial charge in [0.1, 0.15) is 29.1 Å². The van der Waals surface area contributed by atoms with Crippen molar-refractivity contribution in [3.63, 3.8) is 0 Å². The molecule has 7 nitrogen and oxygen atoms in total. The molecule has 0 aliphatic heterocycles. The average molecular weight is 369 g/mol. The van der Waals surface area contributed by atoms with Gasteiger partial charge in [0.15, 0.2) is 0 Å². The van der Waals surface area contributed by atoms with Gasteiger partial charge in [-0.2, -0.15) is 0 Å². The molecule has 25 heavy (non-hydrogen) atoms. The SMILES string of the molecule is CC(C)(C)OC(=O)NCC(O)C(O)c1cc(Cl)c2cccnc2c1O. The minimum Gasteiger partial charge on any atom is -0.505 e. The Morgan fingerprint density at radius 1 is 1.40 bits per heavy atom. The molecular weight excluding hydrogens is 348 g/mol. The Bertz CT molecular complexity index is 775. The average Bonchev–Trinajstić information content (AvgIpc) is 2.53. The summed E-state index contributed by atoms with van der Waals surface area (Å²) in [6.07, 6.45) is -2.09. The number of phenols is 1. The highest BCUT2D eigenvalue weighted by Gasteiger charge is 2.25. The third-order valence-corrected chi connectivity index (χ3v) is 3.70. The van der Waals surface area contributed by atoms with E-state index in [0.717, 1.165) is 0 Å². The van der Waals surface area contributed by atoms with Crippen molar-refractivity contribution in [1.29, 1.82) is 0 Å². The van der Waals surface area contributed by atoms with E-state index >= 15 is 0 Å². The van der Waals surface area contributed by atoms with Gasteiger partial charge in [-0.25, -0.2) is 4.79 Å². The Kier molecular flexibility index (Phi) is 5.72. The lowest BCUT2D eigenvalue weighted by molar-refractivity contribution is 0.0120. The van der Waals surface area contributed by atoms with Crippen molar-refractivity contribution < 1.29 is 24.9 Å². The fourth-order valence-corrected chi connectivity index (χ4v) is 2.52. The maximum Gasteiger partial charge on any atom is 0.407 e. The first-order valence-electron chi connectivity index (χ1n) is 7.69. The summed E-state index contributed by atoms with van der Waals surface area (Å²) in [5.74, 6) is -0.274. The van der Waals surface area contributed by atoms with Crippen LogP contribution >= 0.6 is 11.6 Å². The molecule has 2 rings (SSSR count). The van der Waals surface area contributed by atoms with Gasteiger partial charge in [-0.05, 0) is 39.0 Å². The van der Waals surface area contributed by atoms with Gasteiger partial charge < -0.3 is 25.4 Å². The van der Waals surface area contributed by atoms with Crippen LogP contribution in [-0.4, -0.2) is 44.6 Å². The van der Waals surface area contributed by atoms with Crippen LogP contribution in [0.5, 0.6) is 5.75 Å². The monoisotopic (exact) mass is 368 g/mol. The molecule has 0 bridgehead atoms. The van der Waals surface area contributed by atoms with Crippen LogP contribution in [0, 0.1) is 0 Å². The number of nitrogens with one attached hydrogen (secondary N) is 1. The van der Waals surface area contributed by atoms with Crippen molar-refractivity contribution >= 4 is 28.6 Å². The third-order valence-electron chi connectivity index (χ3n) is 3.38. The summed E-state index contributed by atoms with van der Waals surface area (Å²) in [6, 6.07) is 4.71. The largest absolute Gasteiger partial charge is 0.505 e. The molecular formula is C17H21ClN2O5. The molecule has 0 radical (unpaired) electrons. The number of carbonyl (C=O) groups excluding carboxylic acids is 1. The molecule has 0 aliphatic carbocycles. The van der Waals surface area contributed by atoms with E-state index in [1.165, 1.54) is 12.3 Å². The van der Waals surface area contributed by atoms with Crippen LogP contribution in [0.4, 0.5) is 4.79 Å². The highest BCUT2D eigenvalue weighted by molar-refractivity contribution is 6.35. The number of aliphatic hydroxyl groups excluding tert-OH is 2. The van der Waals surface area contributed by atoms with Gasteiger partial charge in [-0.3, -0.25) is 4.98 Å². The second-order valence-electron chi connectivity index (χ2n) is 6.59. The van der Waals surface area contributed by atoms with Crippen LogP contribution in [0.3, 0.4) is 0 Å². The predicted molar refractivity (Wildman–Crippen MR) is 93.6 cm³/mol. The molecule has 1 aromatic carbocycles. The quantitative estimate of drug-likeness (QED) is 0.659. The van der Waals surface area contributed by atoms with E-state index in [4.69, 9.17) is 16.3 Å². The molecule has 1 heterocycles. The second kappa shape index (κ2) is 7.43. The molecule has 2 aromatic rings. The maximum atomic E-state index is 11.6. The summed E-state index contributed by atoms with van der Waals surface area (Å²) in [5, 5.41) is 33.9. The number of aromatic hydroxyl groups is 1. The van der Waals surface area contributed by atoms with Gasteiger partial charge in [0.05, 0.1) is 5.02 Å². The van der Waals surface area contributed by atoms with Crippen molar-refractivity contribution in [1.82, 2.24) is 10.3 Å². The van der Waals surface area contributed by atoms with E-state index in [-0.39, 0.29) is 28.4 Å². The number of aliphatic hydroxyl groups is 2. The van der Waals surface area contributed by atoms with Gasteiger partial charge >= 0.3 is 6.09 Å². The Hall–Kier alpha value is -2.09.